The van der Waals surface area contributed by atoms with Crippen molar-refractivity contribution < 1.29 is 4.39 Å². The largest absolute Gasteiger partial charge is 0.332 e. The van der Waals surface area contributed by atoms with Crippen LogP contribution in [0.1, 0.15) is 18.4 Å². The minimum absolute atomic E-state index is 0.0652. The molecule has 2 N–H and O–H groups in total. The topological polar surface area (TPSA) is 27.3 Å². The number of rotatable bonds is 4. The Labute approximate surface area is 151 Å². The molecular weight excluding hydrogens is 345 g/mol. The molecule has 0 saturated carbocycles. The number of likely N-dealkylation sites (tertiary alicyclic amines) is 1. The summed E-state index contributed by atoms with van der Waals surface area (Å²) < 4.78 is 13.9. The molecule has 0 radical (unpaired) electrons. The Morgan fingerprint density at radius 2 is 1.88 bits per heavy atom. The molecule has 1 aliphatic heterocycles. The van der Waals surface area contributed by atoms with Gasteiger partial charge in [0.15, 0.2) is 10.9 Å². The van der Waals surface area contributed by atoms with Gasteiger partial charge in [-0.3, -0.25) is 4.90 Å². The molecule has 24 heavy (non-hydrogen) atoms. The van der Waals surface area contributed by atoms with E-state index in [-0.39, 0.29) is 10.7 Å². The predicted octanol–water partition coefficient (Wildman–Crippen LogP) is 4.88. The van der Waals surface area contributed by atoms with Crippen LogP contribution in [0, 0.1) is 5.82 Å². The highest BCUT2D eigenvalue weighted by Gasteiger charge is 2.12. The van der Waals surface area contributed by atoms with E-state index in [0.717, 1.165) is 25.3 Å². The van der Waals surface area contributed by atoms with E-state index in [2.05, 4.69) is 27.7 Å². The van der Waals surface area contributed by atoms with Gasteiger partial charge in [0.2, 0.25) is 0 Å². The Hall–Kier alpha value is -1.69. The van der Waals surface area contributed by atoms with Crippen molar-refractivity contribution in [1.82, 2.24) is 4.90 Å². The Bertz CT molecular complexity index is 732. The fraction of sp³-hybridized carbons (Fsp3) is 0.278. The molecule has 1 aliphatic rings. The monoisotopic (exact) mass is 363 g/mol. The van der Waals surface area contributed by atoms with Crippen LogP contribution in [0.15, 0.2) is 42.5 Å². The van der Waals surface area contributed by atoms with Crippen LogP contribution in [0.5, 0.6) is 0 Å². The lowest BCUT2D eigenvalue weighted by Gasteiger charge is -2.16. The third kappa shape index (κ3) is 4.44. The van der Waals surface area contributed by atoms with Gasteiger partial charge >= 0.3 is 0 Å². The van der Waals surface area contributed by atoms with Gasteiger partial charge in [-0.1, -0.05) is 29.8 Å². The molecule has 0 unspecified atom stereocenters. The number of benzene rings is 2. The SMILES string of the molecule is Fc1c(Cl)cccc1NC(=S)Nc1cccc(CN2CCCC2)c1. The van der Waals surface area contributed by atoms with Gasteiger partial charge in [-0.15, -0.1) is 0 Å². The number of hydrogen-bond donors (Lipinski definition) is 2. The molecule has 0 atom stereocenters. The van der Waals surface area contributed by atoms with E-state index in [0.29, 0.717) is 5.11 Å². The summed E-state index contributed by atoms with van der Waals surface area (Å²) in [7, 11) is 0. The lowest BCUT2D eigenvalue weighted by atomic mass is 10.2. The van der Waals surface area contributed by atoms with Crippen LogP contribution in [-0.4, -0.2) is 23.1 Å². The van der Waals surface area contributed by atoms with Gasteiger partial charge in [0, 0.05) is 12.2 Å². The summed E-state index contributed by atoms with van der Waals surface area (Å²) in [5.74, 6) is -0.508. The Morgan fingerprint density at radius 1 is 1.12 bits per heavy atom. The van der Waals surface area contributed by atoms with E-state index < -0.39 is 5.82 Å². The fourth-order valence-electron chi connectivity index (χ4n) is 2.83. The van der Waals surface area contributed by atoms with Crippen molar-refractivity contribution in [1.29, 1.82) is 0 Å². The van der Waals surface area contributed by atoms with Crippen LogP contribution < -0.4 is 10.6 Å². The van der Waals surface area contributed by atoms with Gasteiger partial charge < -0.3 is 10.6 Å². The smallest absolute Gasteiger partial charge is 0.175 e. The minimum atomic E-state index is -0.508. The van der Waals surface area contributed by atoms with E-state index in [1.807, 2.05) is 12.1 Å². The molecule has 6 heteroatoms. The van der Waals surface area contributed by atoms with Crippen molar-refractivity contribution in [3.63, 3.8) is 0 Å². The Morgan fingerprint density at radius 3 is 2.67 bits per heavy atom. The predicted molar refractivity (Wildman–Crippen MR) is 102 cm³/mol. The van der Waals surface area contributed by atoms with Crippen molar-refractivity contribution in [3.8, 4) is 0 Å². The average Bonchev–Trinajstić information content (AvgIpc) is 3.05. The third-order valence-corrected chi connectivity index (χ3v) is 4.49. The zero-order valence-electron chi connectivity index (χ0n) is 13.2. The van der Waals surface area contributed by atoms with Crippen molar-refractivity contribution in [3.05, 3.63) is 58.9 Å². The first-order chi connectivity index (χ1) is 11.6. The van der Waals surface area contributed by atoms with E-state index in [1.54, 1.807) is 12.1 Å². The van der Waals surface area contributed by atoms with E-state index >= 15 is 0 Å². The quantitative estimate of drug-likeness (QED) is 0.757. The maximum Gasteiger partial charge on any atom is 0.175 e. The van der Waals surface area contributed by atoms with E-state index in [1.165, 1.54) is 24.5 Å². The molecule has 0 aliphatic carbocycles. The number of halogens is 2. The molecule has 1 heterocycles. The zero-order chi connectivity index (χ0) is 16.9. The summed E-state index contributed by atoms with van der Waals surface area (Å²) in [5, 5.41) is 6.33. The molecule has 2 aromatic rings. The lowest BCUT2D eigenvalue weighted by Crippen LogP contribution is -2.21. The van der Waals surface area contributed by atoms with Crippen LogP contribution in [0.3, 0.4) is 0 Å². The summed E-state index contributed by atoms with van der Waals surface area (Å²) in [6, 6.07) is 12.9. The average molecular weight is 364 g/mol. The second kappa shape index (κ2) is 7.92. The standard InChI is InChI=1S/C18H19ClFN3S/c19-15-7-4-8-16(17(15)20)22-18(24)21-14-6-3-5-13(11-14)12-23-9-1-2-10-23/h3-8,11H,1-2,9-10,12H2,(H2,21,22,24). The number of nitrogens with zero attached hydrogens (tertiary/aromatic N) is 1. The van der Waals surface area contributed by atoms with Crippen molar-refractivity contribution in [2.45, 2.75) is 19.4 Å². The molecule has 3 rings (SSSR count). The highest BCUT2D eigenvalue weighted by molar-refractivity contribution is 7.80. The maximum atomic E-state index is 13.9. The molecule has 1 fully saturated rings. The summed E-state index contributed by atoms with van der Waals surface area (Å²) in [5.41, 5.74) is 2.37. The highest BCUT2D eigenvalue weighted by Crippen LogP contribution is 2.22. The van der Waals surface area contributed by atoms with Gasteiger partial charge in [0.05, 0.1) is 10.7 Å². The van der Waals surface area contributed by atoms with Crippen molar-refractivity contribution in [2.24, 2.45) is 0 Å². The summed E-state index contributed by atoms with van der Waals surface area (Å²) >= 11 is 11.0. The number of hydrogen-bond acceptors (Lipinski definition) is 2. The molecule has 1 saturated heterocycles. The Balaban J connectivity index is 1.62. The first-order valence-electron chi connectivity index (χ1n) is 7.95. The van der Waals surface area contributed by atoms with Gasteiger partial charge in [-0.2, -0.15) is 0 Å². The normalized spacial score (nSPS) is 14.6. The van der Waals surface area contributed by atoms with E-state index in [9.17, 15) is 4.39 Å². The number of nitrogens with one attached hydrogen (secondary N) is 2. The summed E-state index contributed by atoms with van der Waals surface area (Å²) in [4.78, 5) is 2.44. The number of anilines is 2. The molecule has 0 amide bonds. The molecule has 3 nitrogen and oxygen atoms in total. The van der Waals surface area contributed by atoms with Gasteiger partial charge in [-0.05, 0) is 68.0 Å². The van der Waals surface area contributed by atoms with Gasteiger partial charge in [0.25, 0.3) is 0 Å². The third-order valence-electron chi connectivity index (χ3n) is 3.99. The molecule has 126 valence electrons. The number of thiocarbonyl (C=S) groups is 1. The summed E-state index contributed by atoms with van der Waals surface area (Å²) in [6.45, 7) is 3.26. The minimum Gasteiger partial charge on any atom is -0.332 e. The molecule has 0 spiro atoms. The maximum absolute atomic E-state index is 13.9. The molecule has 0 aromatic heterocycles. The molecule has 0 bridgehead atoms. The first-order valence-corrected chi connectivity index (χ1v) is 8.74. The summed E-state index contributed by atoms with van der Waals surface area (Å²) in [6.07, 6.45) is 2.55. The Kier molecular flexibility index (Phi) is 5.66. The molecule has 2 aromatic carbocycles. The van der Waals surface area contributed by atoms with Crippen LogP contribution in [-0.2, 0) is 6.54 Å². The van der Waals surface area contributed by atoms with Crippen molar-refractivity contribution >= 4 is 40.3 Å². The first kappa shape index (κ1) is 17.1. The lowest BCUT2D eigenvalue weighted by molar-refractivity contribution is 0.331. The van der Waals surface area contributed by atoms with Crippen LogP contribution in [0.25, 0.3) is 0 Å². The highest BCUT2D eigenvalue weighted by atomic mass is 35.5. The van der Waals surface area contributed by atoms with E-state index in [4.69, 9.17) is 23.8 Å². The van der Waals surface area contributed by atoms with Crippen molar-refractivity contribution in [2.75, 3.05) is 23.7 Å². The fourth-order valence-corrected chi connectivity index (χ4v) is 3.23. The van der Waals surface area contributed by atoms with Gasteiger partial charge in [-0.25, -0.2) is 4.39 Å². The van der Waals surface area contributed by atoms with Crippen LogP contribution in [0.4, 0.5) is 15.8 Å². The second-order valence-corrected chi connectivity index (χ2v) is 6.68. The molecular formula is C18H19ClFN3S. The van der Waals surface area contributed by atoms with Crippen LogP contribution >= 0.6 is 23.8 Å². The second-order valence-electron chi connectivity index (χ2n) is 5.86. The zero-order valence-corrected chi connectivity index (χ0v) is 14.8. The van der Waals surface area contributed by atoms with Gasteiger partial charge in [0.1, 0.15) is 0 Å². The van der Waals surface area contributed by atoms with Crippen LogP contribution in [0.2, 0.25) is 5.02 Å².